The first-order valence-electron chi connectivity index (χ1n) is 6.15. The van der Waals surface area contributed by atoms with Gasteiger partial charge in [0.15, 0.2) is 0 Å². The Labute approximate surface area is 91.8 Å². The molecule has 2 rings (SSSR count). The van der Waals surface area contributed by atoms with Crippen LogP contribution in [0.5, 0.6) is 0 Å². The van der Waals surface area contributed by atoms with Crippen molar-refractivity contribution < 1.29 is 4.74 Å². The molecule has 1 aliphatic heterocycles. The fourth-order valence-corrected chi connectivity index (χ4v) is 2.62. The molecule has 1 aliphatic carbocycles. The van der Waals surface area contributed by atoms with Crippen LogP contribution in [0.25, 0.3) is 0 Å². The minimum Gasteiger partial charge on any atom is -0.377 e. The topological polar surface area (TPSA) is 45.0 Å². The Morgan fingerprint density at radius 3 is 2.80 bits per heavy atom. The summed E-state index contributed by atoms with van der Waals surface area (Å²) in [7, 11) is 0. The van der Waals surface area contributed by atoms with E-state index < -0.39 is 0 Å². The molecule has 84 valence electrons. The fraction of sp³-hybridized carbons (Fsp3) is 0.917. The van der Waals surface area contributed by atoms with Gasteiger partial charge < -0.3 is 10.1 Å². The van der Waals surface area contributed by atoms with Crippen LogP contribution in [0.3, 0.4) is 0 Å². The first-order chi connectivity index (χ1) is 7.40. The van der Waals surface area contributed by atoms with E-state index in [-0.39, 0.29) is 5.92 Å². The summed E-state index contributed by atoms with van der Waals surface area (Å²) in [5.74, 6) is 0.222. The van der Waals surface area contributed by atoms with Crippen molar-refractivity contribution >= 4 is 0 Å². The van der Waals surface area contributed by atoms with Crippen molar-refractivity contribution in [3.63, 3.8) is 0 Å². The van der Waals surface area contributed by atoms with Crippen molar-refractivity contribution in [1.29, 1.82) is 5.26 Å². The van der Waals surface area contributed by atoms with Crippen LogP contribution >= 0.6 is 0 Å². The predicted octanol–water partition coefficient (Wildman–Crippen LogP) is 1.84. The van der Waals surface area contributed by atoms with Crippen LogP contribution in [-0.2, 0) is 4.74 Å². The Morgan fingerprint density at radius 2 is 2.07 bits per heavy atom. The lowest BCUT2D eigenvalue weighted by Gasteiger charge is -2.28. The number of nitriles is 1. The van der Waals surface area contributed by atoms with E-state index in [9.17, 15) is 0 Å². The second-order valence-corrected chi connectivity index (χ2v) is 4.67. The van der Waals surface area contributed by atoms with Crippen LogP contribution in [0, 0.1) is 17.2 Å². The molecule has 3 nitrogen and oxygen atoms in total. The SMILES string of the molecule is N#CC1CCCCC1NCC1CCCO1. The normalized spacial score (nSPS) is 36.3. The highest BCUT2D eigenvalue weighted by Crippen LogP contribution is 2.24. The highest BCUT2D eigenvalue weighted by Gasteiger charge is 2.25. The van der Waals surface area contributed by atoms with Crippen LogP contribution < -0.4 is 5.32 Å². The molecule has 0 radical (unpaired) electrons. The Kier molecular flexibility index (Phi) is 3.99. The lowest BCUT2D eigenvalue weighted by molar-refractivity contribution is 0.104. The van der Waals surface area contributed by atoms with E-state index in [4.69, 9.17) is 10.00 Å². The van der Waals surface area contributed by atoms with Gasteiger partial charge in [0.2, 0.25) is 0 Å². The van der Waals surface area contributed by atoms with E-state index in [1.165, 1.54) is 25.7 Å². The molecule has 1 heterocycles. The van der Waals surface area contributed by atoms with Crippen molar-refractivity contribution in [2.45, 2.75) is 50.7 Å². The van der Waals surface area contributed by atoms with Crippen LogP contribution in [0.1, 0.15) is 38.5 Å². The number of nitrogens with one attached hydrogen (secondary N) is 1. The number of hydrogen-bond acceptors (Lipinski definition) is 3. The first-order valence-corrected chi connectivity index (χ1v) is 6.15. The zero-order chi connectivity index (χ0) is 10.5. The van der Waals surface area contributed by atoms with E-state index in [2.05, 4.69) is 11.4 Å². The van der Waals surface area contributed by atoms with Crippen molar-refractivity contribution in [1.82, 2.24) is 5.32 Å². The third-order valence-corrected chi connectivity index (χ3v) is 3.56. The maximum absolute atomic E-state index is 9.03. The zero-order valence-corrected chi connectivity index (χ0v) is 9.24. The van der Waals surface area contributed by atoms with Gasteiger partial charge in [0.05, 0.1) is 18.1 Å². The Hall–Kier alpha value is -0.590. The molecular formula is C12H20N2O. The second kappa shape index (κ2) is 5.48. The maximum atomic E-state index is 9.03. The number of hydrogen-bond donors (Lipinski definition) is 1. The Morgan fingerprint density at radius 1 is 1.20 bits per heavy atom. The molecule has 0 bridgehead atoms. The molecule has 1 saturated heterocycles. The Balaban J connectivity index is 1.74. The average molecular weight is 208 g/mol. The third-order valence-electron chi connectivity index (χ3n) is 3.56. The van der Waals surface area contributed by atoms with E-state index in [0.717, 1.165) is 26.0 Å². The highest BCUT2D eigenvalue weighted by atomic mass is 16.5. The molecule has 3 heteroatoms. The molecule has 2 fully saturated rings. The lowest BCUT2D eigenvalue weighted by Crippen LogP contribution is -2.41. The molecule has 0 amide bonds. The zero-order valence-electron chi connectivity index (χ0n) is 9.24. The molecule has 0 spiro atoms. The molecule has 0 aromatic rings. The van der Waals surface area contributed by atoms with Gasteiger partial charge >= 0.3 is 0 Å². The van der Waals surface area contributed by atoms with Crippen LogP contribution in [0.4, 0.5) is 0 Å². The summed E-state index contributed by atoms with van der Waals surface area (Å²) in [6.07, 6.45) is 7.48. The standard InChI is InChI=1S/C12H20N2O/c13-8-10-4-1-2-6-12(10)14-9-11-5-3-7-15-11/h10-12,14H,1-7,9H2. The predicted molar refractivity (Wildman–Crippen MR) is 58.3 cm³/mol. The van der Waals surface area contributed by atoms with Gasteiger partial charge in [0.25, 0.3) is 0 Å². The second-order valence-electron chi connectivity index (χ2n) is 4.67. The van der Waals surface area contributed by atoms with Gasteiger partial charge in [-0.3, -0.25) is 0 Å². The van der Waals surface area contributed by atoms with Crippen molar-refractivity contribution in [3.05, 3.63) is 0 Å². The molecule has 0 aromatic carbocycles. The van der Waals surface area contributed by atoms with Crippen molar-refractivity contribution in [2.24, 2.45) is 5.92 Å². The Bertz CT molecular complexity index is 230. The molecule has 2 aliphatic rings. The summed E-state index contributed by atoms with van der Waals surface area (Å²) < 4.78 is 5.57. The molecule has 15 heavy (non-hydrogen) atoms. The maximum Gasteiger partial charge on any atom is 0.0700 e. The first kappa shape index (κ1) is 10.9. The summed E-state index contributed by atoms with van der Waals surface area (Å²) in [5, 5.41) is 12.5. The largest absolute Gasteiger partial charge is 0.377 e. The number of ether oxygens (including phenoxy) is 1. The van der Waals surface area contributed by atoms with Crippen LogP contribution in [0.2, 0.25) is 0 Å². The monoisotopic (exact) mass is 208 g/mol. The van der Waals surface area contributed by atoms with Gasteiger partial charge in [-0.1, -0.05) is 12.8 Å². The van der Waals surface area contributed by atoms with Gasteiger partial charge in [0, 0.05) is 19.2 Å². The highest BCUT2D eigenvalue weighted by molar-refractivity contribution is 4.94. The average Bonchev–Trinajstić information content (AvgIpc) is 2.79. The molecule has 1 N–H and O–H groups in total. The summed E-state index contributed by atoms with van der Waals surface area (Å²) in [4.78, 5) is 0. The van der Waals surface area contributed by atoms with Crippen molar-refractivity contribution in [3.8, 4) is 6.07 Å². The van der Waals surface area contributed by atoms with Crippen molar-refractivity contribution in [2.75, 3.05) is 13.2 Å². The van der Waals surface area contributed by atoms with E-state index >= 15 is 0 Å². The molecule has 1 saturated carbocycles. The summed E-state index contributed by atoms with van der Waals surface area (Å²) in [6, 6.07) is 2.84. The smallest absolute Gasteiger partial charge is 0.0700 e. The van der Waals surface area contributed by atoms with Gasteiger partial charge in [-0.15, -0.1) is 0 Å². The molecular weight excluding hydrogens is 188 g/mol. The summed E-state index contributed by atoms with van der Waals surface area (Å²) >= 11 is 0. The third kappa shape index (κ3) is 2.93. The van der Waals surface area contributed by atoms with E-state index in [1.54, 1.807) is 0 Å². The van der Waals surface area contributed by atoms with E-state index in [1.807, 2.05) is 0 Å². The molecule has 3 atom stereocenters. The fourth-order valence-electron chi connectivity index (χ4n) is 2.62. The summed E-state index contributed by atoms with van der Waals surface area (Å²) in [5.41, 5.74) is 0. The lowest BCUT2D eigenvalue weighted by atomic mass is 9.85. The van der Waals surface area contributed by atoms with Gasteiger partial charge in [-0.2, -0.15) is 5.26 Å². The summed E-state index contributed by atoms with van der Waals surface area (Å²) in [6.45, 7) is 1.85. The van der Waals surface area contributed by atoms with Crippen LogP contribution in [-0.4, -0.2) is 25.3 Å². The minimum atomic E-state index is 0.222. The van der Waals surface area contributed by atoms with Crippen LogP contribution in [0.15, 0.2) is 0 Å². The quantitative estimate of drug-likeness (QED) is 0.769. The van der Waals surface area contributed by atoms with E-state index in [0.29, 0.717) is 12.1 Å². The molecule has 0 aromatic heterocycles. The minimum absolute atomic E-state index is 0.222. The van der Waals surface area contributed by atoms with Gasteiger partial charge in [-0.25, -0.2) is 0 Å². The van der Waals surface area contributed by atoms with Gasteiger partial charge in [0.1, 0.15) is 0 Å². The number of nitrogens with zero attached hydrogens (tertiary/aromatic N) is 1. The van der Waals surface area contributed by atoms with Gasteiger partial charge in [-0.05, 0) is 25.7 Å². The molecule has 3 unspecified atom stereocenters. The number of rotatable bonds is 3.